The van der Waals surface area contributed by atoms with Gasteiger partial charge < -0.3 is 14.2 Å². The van der Waals surface area contributed by atoms with Crippen LogP contribution in [0.15, 0.2) is 36.4 Å². The summed E-state index contributed by atoms with van der Waals surface area (Å²) in [5, 5.41) is 0. The average molecular weight is 379 g/mol. The van der Waals surface area contributed by atoms with Gasteiger partial charge in [-0.1, -0.05) is 12.0 Å². The van der Waals surface area contributed by atoms with Crippen molar-refractivity contribution in [2.24, 2.45) is 0 Å². The minimum Gasteiger partial charge on any atom is -0.434 e. The highest BCUT2D eigenvalue weighted by Crippen LogP contribution is 2.49. The molecule has 2 aromatic carbocycles. The molecule has 0 fully saturated rings. The summed E-state index contributed by atoms with van der Waals surface area (Å²) in [6.07, 6.45) is 6.09. The van der Waals surface area contributed by atoms with Gasteiger partial charge in [0.15, 0.2) is 0 Å². The number of alkyl halides is 2. The Morgan fingerprint density at radius 3 is 2.86 bits per heavy atom. The first-order valence-electron chi connectivity index (χ1n) is 8.83. The van der Waals surface area contributed by atoms with Crippen molar-refractivity contribution in [2.75, 3.05) is 7.05 Å². The fourth-order valence-corrected chi connectivity index (χ4v) is 4.37. The van der Waals surface area contributed by atoms with Crippen LogP contribution in [0.5, 0.6) is 5.75 Å². The number of hydrogen-bond donors (Lipinski definition) is 0. The van der Waals surface area contributed by atoms with Crippen molar-refractivity contribution in [1.82, 2.24) is 14.5 Å². The van der Waals surface area contributed by atoms with E-state index in [4.69, 9.17) is 16.1 Å². The van der Waals surface area contributed by atoms with Gasteiger partial charge in [0.05, 0.1) is 23.1 Å². The molecule has 1 aromatic heterocycles. The van der Waals surface area contributed by atoms with Gasteiger partial charge in [-0.3, -0.25) is 4.79 Å². The van der Waals surface area contributed by atoms with E-state index in [2.05, 4.69) is 5.92 Å². The normalized spacial score (nSPS) is 20.1. The number of rotatable bonds is 2. The molecule has 0 aliphatic carbocycles. The van der Waals surface area contributed by atoms with Crippen LogP contribution in [0.2, 0.25) is 0 Å². The van der Waals surface area contributed by atoms with E-state index >= 15 is 0 Å². The summed E-state index contributed by atoms with van der Waals surface area (Å²) in [5.74, 6) is 3.12. The summed E-state index contributed by atoms with van der Waals surface area (Å²) in [7, 11) is 1.71. The van der Waals surface area contributed by atoms with Crippen molar-refractivity contribution in [3.05, 3.63) is 58.9 Å². The third-order valence-corrected chi connectivity index (χ3v) is 5.57. The monoisotopic (exact) mass is 379 g/mol. The molecular formula is C21H15F2N3O2. The summed E-state index contributed by atoms with van der Waals surface area (Å²) in [4.78, 5) is 19.3. The van der Waals surface area contributed by atoms with E-state index in [1.807, 2.05) is 22.8 Å². The maximum Gasteiger partial charge on any atom is 0.387 e. The standard InChI is InChI=1S/C21H15F2N3O2/c1-3-11-7-8-13-14(9-11)26-15-10-16(19(26)24-13)25(2)20(27)12-5-4-6-17(18(12)15)28-21(22)23/h1,4-9,15-16,21H,10H2,2H3. The molecule has 2 bridgehead atoms. The molecule has 0 saturated carbocycles. The first-order valence-corrected chi connectivity index (χ1v) is 8.83. The van der Waals surface area contributed by atoms with E-state index < -0.39 is 6.61 Å². The van der Waals surface area contributed by atoms with Crippen LogP contribution >= 0.6 is 0 Å². The van der Waals surface area contributed by atoms with E-state index in [1.54, 1.807) is 24.1 Å². The molecule has 140 valence electrons. The highest BCUT2D eigenvalue weighted by molar-refractivity contribution is 5.97. The third kappa shape index (κ3) is 2.18. The number of hydrogen-bond acceptors (Lipinski definition) is 3. The number of amides is 1. The van der Waals surface area contributed by atoms with Gasteiger partial charge in [-0.2, -0.15) is 8.78 Å². The van der Waals surface area contributed by atoms with Gasteiger partial charge in [0, 0.05) is 30.2 Å². The molecule has 7 heteroatoms. The lowest BCUT2D eigenvalue weighted by Crippen LogP contribution is -2.30. The van der Waals surface area contributed by atoms with Gasteiger partial charge in [0.2, 0.25) is 0 Å². The molecule has 2 atom stereocenters. The Morgan fingerprint density at radius 1 is 1.29 bits per heavy atom. The van der Waals surface area contributed by atoms with Crippen LogP contribution in [0.25, 0.3) is 11.0 Å². The van der Waals surface area contributed by atoms with Gasteiger partial charge >= 0.3 is 6.61 Å². The molecule has 5 rings (SSSR count). The molecule has 2 unspecified atom stereocenters. The quantitative estimate of drug-likeness (QED) is 0.638. The van der Waals surface area contributed by atoms with Crippen LogP contribution in [0, 0.1) is 12.3 Å². The smallest absolute Gasteiger partial charge is 0.387 e. The van der Waals surface area contributed by atoms with Crippen molar-refractivity contribution in [3.8, 4) is 18.1 Å². The molecule has 3 heterocycles. The number of nitrogens with zero attached hydrogens (tertiary/aromatic N) is 3. The second kappa shape index (κ2) is 5.80. The molecule has 5 nitrogen and oxygen atoms in total. The summed E-state index contributed by atoms with van der Waals surface area (Å²) in [6.45, 7) is -2.98. The Balaban J connectivity index is 1.82. The van der Waals surface area contributed by atoms with Crippen LogP contribution in [0.4, 0.5) is 8.78 Å². The topological polar surface area (TPSA) is 47.4 Å². The van der Waals surface area contributed by atoms with E-state index in [-0.39, 0.29) is 23.7 Å². The van der Waals surface area contributed by atoms with Crippen LogP contribution in [0.3, 0.4) is 0 Å². The van der Waals surface area contributed by atoms with E-state index in [0.29, 0.717) is 23.1 Å². The van der Waals surface area contributed by atoms with Gasteiger partial charge in [0.25, 0.3) is 5.91 Å². The lowest BCUT2D eigenvalue weighted by atomic mass is 9.97. The Kier molecular flexibility index (Phi) is 3.47. The number of aromatic nitrogens is 2. The lowest BCUT2D eigenvalue weighted by Gasteiger charge is -2.24. The maximum atomic E-state index is 13.0. The van der Waals surface area contributed by atoms with Crippen LogP contribution in [0.1, 0.15) is 45.8 Å². The Morgan fingerprint density at radius 2 is 2.11 bits per heavy atom. The average Bonchev–Trinajstić information content (AvgIpc) is 3.19. The van der Waals surface area contributed by atoms with E-state index in [9.17, 15) is 13.6 Å². The predicted octanol–water partition coefficient (Wildman–Crippen LogP) is 3.74. The molecule has 2 aliphatic heterocycles. The predicted molar refractivity (Wildman–Crippen MR) is 98.3 cm³/mol. The molecule has 0 N–H and O–H groups in total. The second-order valence-corrected chi connectivity index (χ2v) is 6.97. The zero-order chi connectivity index (χ0) is 19.6. The Bertz CT molecular complexity index is 1180. The molecule has 0 saturated heterocycles. The summed E-state index contributed by atoms with van der Waals surface area (Å²) in [5.41, 5.74) is 3.11. The van der Waals surface area contributed by atoms with Crippen LogP contribution in [-0.2, 0) is 0 Å². The molecule has 0 spiro atoms. The van der Waals surface area contributed by atoms with Crippen molar-refractivity contribution < 1.29 is 18.3 Å². The number of carbonyl (C=O) groups is 1. The maximum absolute atomic E-state index is 13.0. The lowest BCUT2D eigenvalue weighted by molar-refractivity contribution is -0.0507. The fourth-order valence-electron chi connectivity index (χ4n) is 4.37. The largest absolute Gasteiger partial charge is 0.434 e. The minimum absolute atomic E-state index is 0.0164. The summed E-state index contributed by atoms with van der Waals surface area (Å²) >= 11 is 0. The highest BCUT2D eigenvalue weighted by atomic mass is 19.3. The molecule has 0 radical (unpaired) electrons. The summed E-state index contributed by atoms with van der Waals surface area (Å²) in [6, 6.07) is 9.59. The van der Waals surface area contributed by atoms with Gasteiger partial charge in [-0.15, -0.1) is 6.42 Å². The SMILES string of the molecule is C#Cc1ccc2nc3n(c2c1)C1CC3N(C)C(=O)c2cccc(OC(F)F)c21. The molecule has 1 amide bonds. The number of halogens is 2. The minimum atomic E-state index is -2.98. The number of fused-ring (bicyclic) bond motifs is 9. The zero-order valence-corrected chi connectivity index (χ0v) is 14.9. The Labute approximate surface area is 159 Å². The molecule has 3 aromatic rings. The zero-order valence-electron chi connectivity index (χ0n) is 14.9. The van der Waals surface area contributed by atoms with Crippen molar-refractivity contribution in [2.45, 2.75) is 25.1 Å². The fraction of sp³-hybridized carbons (Fsp3) is 0.238. The number of terminal acetylenes is 1. The number of imidazole rings is 1. The van der Waals surface area contributed by atoms with E-state index in [0.717, 1.165) is 16.9 Å². The third-order valence-electron chi connectivity index (χ3n) is 5.57. The molecular weight excluding hydrogens is 364 g/mol. The first-order chi connectivity index (χ1) is 13.5. The first kappa shape index (κ1) is 16.8. The summed E-state index contributed by atoms with van der Waals surface area (Å²) < 4.78 is 32.9. The van der Waals surface area contributed by atoms with E-state index in [1.165, 1.54) is 6.07 Å². The molecule has 2 aliphatic rings. The van der Waals surface area contributed by atoms with Gasteiger partial charge in [-0.25, -0.2) is 4.98 Å². The van der Waals surface area contributed by atoms with Crippen molar-refractivity contribution in [3.63, 3.8) is 0 Å². The van der Waals surface area contributed by atoms with Crippen LogP contribution in [-0.4, -0.2) is 34.0 Å². The number of ether oxygens (including phenoxy) is 1. The van der Waals surface area contributed by atoms with Crippen molar-refractivity contribution >= 4 is 16.9 Å². The number of carbonyl (C=O) groups excluding carboxylic acids is 1. The van der Waals surface area contributed by atoms with Crippen molar-refractivity contribution in [1.29, 1.82) is 0 Å². The highest BCUT2D eigenvalue weighted by Gasteiger charge is 2.44. The van der Waals surface area contributed by atoms with Gasteiger partial charge in [-0.05, 0) is 30.3 Å². The number of benzene rings is 2. The van der Waals surface area contributed by atoms with Crippen LogP contribution < -0.4 is 4.74 Å². The second-order valence-electron chi connectivity index (χ2n) is 6.97. The van der Waals surface area contributed by atoms with Gasteiger partial charge in [0.1, 0.15) is 11.6 Å². The Hall–Kier alpha value is -3.40. The molecule has 28 heavy (non-hydrogen) atoms.